The van der Waals surface area contributed by atoms with E-state index < -0.39 is 0 Å². The van der Waals surface area contributed by atoms with Gasteiger partial charge in [-0.05, 0) is 30.3 Å². The Morgan fingerprint density at radius 2 is 2.07 bits per heavy atom. The molecule has 14 heavy (non-hydrogen) atoms. The second-order valence-corrected chi connectivity index (χ2v) is 2.86. The van der Waals surface area contributed by atoms with Gasteiger partial charge in [0.25, 0.3) is 0 Å². The third-order valence-electron chi connectivity index (χ3n) is 1.95. The largest absolute Gasteiger partial charge is 0.308 e. The zero-order valence-electron chi connectivity index (χ0n) is 7.31. The first-order valence-corrected chi connectivity index (χ1v) is 4.14. The molecule has 3 heteroatoms. The van der Waals surface area contributed by atoms with E-state index in [4.69, 9.17) is 5.26 Å². The number of nitrogens with zero attached hydrogens (tertiary/aromatic N) is 2. The van der Waals surface area contributed by atoms with Crippen molar-refractivity contribution in [2.24, 2.45) is 0 Å². The Kier molecular flexibility index (Phi) is 2.04. The maximum absolute atomic E-state index is 12.9. The van der Waals surface area contributed by atoms with Gasteiger partial charge in [-0.25, -0.2) is 4.39 Å². The minimum atomic E-state index is -0.305. The van der Waals surface area contributed by atoms with Crippen LogP contribution in [-0.4, -0.2) is 4.57 Å². The molecule has 0 aliphatic heterocycles. The summed E-state index contributed by atoms with van der Waals surface area (Å²) in [5, 5.41) is 8.77. The van der Waals surface area contributed by atoms with Crippen LogP contribution in [0.15, 0.2) is 42.6 Å². The van der Waals surface area contributed by atoms with Gasteiger partial charge < -0.3 is 4.57 Å². The summed E-state index contributed by atoms with van der Waals surface area (Å²) in [6.07, 6.45) is 1.73. The Morgan fingerprint density at radius 1 is 1.21 bits per heavy atom. The molecule has 0 bridgehead atoms. The summed E-state index contributed by atoms with van der Waals surface area (Å²) in [5.41, 5.74) is 1.15. The van der Waals surface area contributed by atoms with Crippen molar-refractivity contribution in [3.8, 4) is 11.8 Å². The predicted molar refractivity (Wildman–Crippen MR) is 50.4 cm³/mol. The summed E-state index contributed by atoms with van der Waals surface area (Å²) < 4.78 is 14.5. The van der Waals surface area contributed by atoms with E-state index in [2.05, 4.69) is 0 Å². The smallest absolute Gasteiger partial charge is 0.125 e. The molecular formula is C11H7FN2. The van der Waals surface area contributed by atoms with Gasteiger partial charge in [0.15, 0.2) is 0 Å². The third kappa shape index (κ3) is 1.38. The zero-order chi connectivity index (χ0) is 9.97. The standard InChI is InChI=1S/C11H7FN2/c12-9-3-1-4-10(7-9)14-6-2-5-11(14)8-13/h1-7H. The molecule has 1 aromatic heterocycles. The molecule has 0 amide bonds. The van der Waals surface area contributed by atoms with Crippen LogP contribution in [0.1, 0.15) is 5.69 Å². The quantitative estimate of drug-likeness (QED) is 0.672. The molecule has 0 atom stereocenters. The number of rotatable bonds is 1. The first-order valence-electron chi connectivity index (χ1n) is 4.14. The normalized spacial score (nSPS) is 9.71. The highest BCUT2D eigenvalue weighted by atomic mass is 19.1. The Bertz CT molecular complexity index is 494. The number of nitriles is 1. The van der Waals surface area contributed by atoms with E-state index in [-0.39, 0.29) is 5.82 Å². The second-order valence-electron chi connectivity index (χ2n) is 2.86. The van der Waals surface area contributed by atoms with Gasteiger partial charge in [-0.2, -0.15) is 5.26 Å². The molecule has 2 rings (SSSR count). The van der Waals surface area contributed by atoms with Crippen molar-refractivity contribution in [3.05, 3.63) is 54.1 Å². The van der Waals surface area contributed by atoms with E-state index >= 15 is 0 Å². The van der Waals surface area contributed by atoms with Gasteiger partial charge in [-0.3, -0.25) is 0 Å². The number of aromatic nitrogens is 1. The zero-order valence-corrected chi connectivity index (χ0v) is 7.31. The van der Waals surface area contributed by atoms with Gasteiger partial charge in [0.2, 0.25) is 0 Å². The van der Waals surface area contributed by atoms with Gasteiger partial charge in [0.1, 0.15) is 17.6 Å². The molecule has 0 unspecified atom stereocenters. The molecule has 0 spiro atoms. The molecule has 0 N–H and O–H groups in total. The topological polar surface area (TPSA) is 28.7 Å². The van der Waals surface area contributed by atoms with E-state index in [1.54, 1.807) is 35.0 Å². The van der Waals surface area contributed by atoms with Gasteiger partial charge in [-0.1, -0.05) is 6.07 Å². The van der Waals surface area contributed by atoms with E-state index in [0.29, 0.717) is 11.4 Å². The van der Waals surface area contributed by atoms with Crippen molar-refractivity contribution < 1.29 is 4.39 Å². The molecule has 68 valence electrons. The van der Waals surface area contributed by atoms with Crippen molar-refractivity contribution in [2.45, 2.75) is 0 Å². The van der Waals surface area contributed by atoms with Gasteiger partial charge >= 0.3 is 0 Å². The van der Waals surface area contributed by atoms with Crippen LogP contribution in [-0.2, 0) is 0 Å². The summed E-state index contributed by atoms with van der Waals surface area (Å²) in [6, 6.07) is 11.6. The first kappa shape index (κ1) is 8.52. The summed E-state index contributed by atoms with van der Waals surface area (Å²) in [5.74, 6) is -0.305. The average Bonchev–Trinajstić information content (AvgIpc) is 2.65. The van der Waals surface area contributed by atoms with E-state index in [9.17, 15) is 4.39 Å². The Balaban J connectivity index is 2.56. The van der Waals surface area contributed by atoms with Crippen LogP contribution in [0, 0.1) is 17.1 Å². The summed E-state index contributed by atoms with van der Waals surface area (Å²) in [7, 11) is 0. The molecule has 0 aliphatic carbocycles. The van der Waals surface area contributed by atoms with Crippen LogP contribution in [0.5, 0.6) is 0 Å². The van der Waals surface area contributed by atoms with Crippen LogP contribution < -0.4 is 0 Å². The molecule has 0 saturated heterocycles. The fourth-order valence-electron chi connectivity index (χ4n) is 1.32. The molecule has 1 aromatic carbocycles. The molecule has 0 saturated carbocycles. The minimum absolute atomic E-state index is 0.305. The fourth-order valence-corrected chi connectivity index (χ4v) is 1.32. The highest BCUT2D eigenvalue weighted by Crippen LogP contribution is 2.12. The van der Waals surface area contributed by atoms with Gasteiger partial charge in [0, 0.05) is 11.9 Å². The lowest BCUT2D eigenvalue weighted by molar-refractivity contribution is 0.626. The van der Waals surface area contributed by atoms with Gasteiger partial charge in [0.05, 0.1) is 0 Å². The number of hydrogen-bond donors (Lipinski definition) is 0. The predicted octanol–water partition coefficient (Wildman–Crippen LogP) is 2.49. The highest BCUT2D eigenvalue weighted by Gasteiger charge is 2.02. The van der Waals surface area contributed by atoms with Crippen LogP contribution >= 0.6 is 0 Å². The molecule has 1 heterocycles. The second kappa shape index (κ2) is 3.35. The average molecular weight is 186 g/mol. The summed E-state index contributed by atoms with van der Waals surface area (Å²) in [4.78, 5) is 0. The lowest BCUT2D eigenvalue weighted by Crippen LogP contribution is -1.95. The van der Waals surface area contributed by atoms with Crippen molar-refractivity contribution in [3.63, 3.8) is 0 Å². The molecule has 0 fully saturated rings. The Hall–Kier alpha value is -2.08. The molecule has 2 nitrogen and oxygen atoms in total. The molecular weight excluding hydrogens is 179 g/mol. The van der Waals surface area contributed by atoms with E-state index in [0.717, 1.165) is 0 Å². The van der Waals surface area contributed by atoms with Crippen molar-refractivity contribution >= 4 is 0 Å². The monoisotopic (exact) mass is 186 g/mol. The van der Waals surface area contributed by atoms with Crippen molar-refractivity contribution in [2.75, 3.05) is 0 Å². The maximum atomic E-state index is 12.9. The minimum Gasteiger partial charge on any atom is -0.308 e. The molecule has 0 radical (unpaired) electrons. The van der Waals surface area contributed by atoms with E-state index in [1.807, 2.05) is 6.07 Å². The van der Waals surface area contributed by atoms with Crippen molar-refractivity contribution in [1.82, 2.24) is 4.57 Å². The van der Waals surface area contributed by atoms with Gasteiger partial charge in [-0.15, -0.1) is 0 Å². The fraction of sp³-hybridized carbons (Fsp3) is 0. The van der Waals surface area contributed by atoms with Crippen LogP contribution in [0.4, 0.5) is 4.39 Å². The SMILES string of the molecule is N#Cc1cccn1-c1cccc(F)c1. The summed E-state index contributed by atoms with van der Waals surface area (Å²) in [6.45, 7) is 0. The summed E-state index contributed by atoms with van der Waals surface area (Å²) >= 11 is 0. The van der Waals surface area contributed by atoms with E-state index in [1.165, 1.54) is 12.1 Å². The lowest BCUT2D eigenvalue weighted by Gasteiger charge is -2.03. The van der Waals surface area contributed by atoms with Crippen molar-refractivity contribution in [1.29, 1.82) is 5.26 Å². The Morgan fingerprint density at radius 3 is 2.79 bits per heavy atom. The molecule has 2 aromatic rings. The van der Waals surface area contributed by atoms with Crippen LogP contribution in [0.25, 0.3) is 5.69 Å². The molecule has 0 aliphatic rings. The third-order valence-corrected chi connectivity index (χ3v) is 1.95. The number of hydrogen-bond acceptors (Lipinski definition) is 1. The lowest BCUT2D eigenvalue weighted by atomic mass is 10.3. The Labute approximate surface area is 80.8 Å². The maximum Gasteiger partial charge on any atom is 0.125 e. The van der Waals surface area contributed by atoms with Crippen LogP contribution in [0.3, 0.4) is 0 Å². The van der Waals surface area contributed by atoms with Crippen LogP contribution in [0.2, 0.25) is 0 Å². The first-order chi connectivity index (χ1) is 6.81. The number of benzene rings is 1. The number of halogens is 1. The highest BCUT2D eigenvalue weighted by molar-refractivity contribution is 5.38.